The monoisotopic (exact) mass is 275 g/mol. The van der Waals surface area contributed by atoms with Gasteiger partial charge in [0.05, 0.1) is 6.42 Å². The minimum atomic E-state index is -0.198. The number of hydrogen-bond donors (Lipinski definition) is 1. The van der Waals surface area contributed by atoms with Gasteiger partial charge in [-0.15, -0.1) is 0 Å². The number of imide groups is 1. The minimum absolute atomic E-state index is 0.0947. The summed E-state index contributed by atoms with van der Waals surface area (Å²) < 4.78 is 0. The lowest BCUT2D eigenvalue weighted by molar-refractivity contribution is -0.129. The van der Waals surface area contributed by atoms with E-state index in [2.05, 4.69) is 6.92 Å². The zero-order valence-corrected chi connectivity index (χ0v) is 11.8. The molecule has 0 radical (unpaired) electrons. The summed E-state index contributed by atoms with van der Waals surface area (Å²) in [5.41, 5.74) is 1.44. The Labute approximate surface area is 119 Å². The van der Waals surface area contributed by atoms with Crippen molar-refractivity contribution in [2.45, 2.75) is 32.6 Å². The molecule has 1 N–H and O–H groups in total. The molecule has 1 aliphatic heterocycles. The summed E-state index contributed by atoms with van der Waals surface area (Å²) in [5, 5.41) is 9.09. The topological polar surface area (TPSA) is 57.6 Å². The van der Waals surface area contributed by atoms with E-state index in [9.17, 15) is 9.59 Å². The molecule has 4 heteroatoms. The van der Waals surface area contributed by atoms with Crippen molar-refractivity contribution in [3.63, 3.8) is 0 Å². The van der Waals surface area contributed by atoms with Crippen molar-refractivity contribution in [1.29, 1.82) is 0 Å². The first-order valence-electron chi connectivity index (χ1n) is 7.20. The van der Waals surface area contributed by atoms with Crippen molar-refractivity contribution in [3.05, 3.63) is 35.4 Å². The van der Waals surface area contributed by atoms with Crippen LogP contribution < -0.4 is 0 Å². The summed E-state index contributed by atoms with van der Waals surface area (Å²) in [7, 11) is 0. The maximum absolute atomic E-state index is 12.4. The second-order valence-corrected chi connectivity index (χ2v) is 5.31. The highest BCUT2D eigenvalue weighted by atomic mass is 16.3. The van der Waals surface area contributed by atoms with Crippen LogP contribution in [0.3, 0.4) is 0 Å². The first kappa shape index (κ1) is 14.7. The molecule has 20 heavy (non-hydrogen) atoms. The smallest absolute Gasteiger partial charge is 0.260 e. The molecule has 1 unspecified atom stereocenters. The Hall–Kier alpha value is -1.68. The van der Waals surface area contributed by atoms with Crippen LogP contribution in [0, 0.1) is 5.92 Å². The van der Waals surface area contributed by atoms with Crippen LogP contribution in [-0.2, 0) is 11.2 Å². The van der Waals surface area contributed by atoms with Crippen LogP contribution in [0.25, 0.3) is 0 Å². The minimum Gasteiger partial charge on any atom is -0.396 e. The van der Waals surface area contributed by atoms with Crippen LogP contribution in [0.1, 0.15) is 42.1 Å². The molecule has 0 saturated heterocycles. The SMILES string of the molecule is CCCC(CCO)CN1C(=O)Cc2ccccc2C1=O. The summed E-state index contributed by atoms with van der Waals surface area (Å²) >= 11 is 0. The second kappa shape index (κ2) is 6.66. The van der Waals surface area contributed by atoms with E-state index in [0.29, 0.717) is 24.9 Å². The number of rotatable bonds is 6. The number of benzene rings is 1. The summed E-state index contributed by atoms with van der Waals surface area (Å²) in [5.74, 6) is -0.146. The van der Waals surface area contributed by atoms with E-state index < -0.39 is 0 Å². The molecule has 2 amide bonds. The fourth-order valence-electron chi connectivity index (χ4n) is 2.76. The van der Waals surface area contributed by atoms with Crippen LogP contribution in [0.4, 0.5) is 0 Å². The van der Waals surface area contributed by atoms with E-state index >= 15 is 0 Å². The average molecular weight is 275 g/mol. The molecule has 1 aromatic rings. The van der Waals surface area contributed by atoms with Crippen molar-refractivity contribution in [1.82, 2.24) is 4.90 Å². The van der Waals surface area contributed by atoms with Crippen LogP contribution >= 0.6 is 0 Å². The number of fused-ring (bicyclic) bond motifs is 1. The van der Waals surface area contributed by atoms with E-state index in [1.807, 2.05) is 18.2 Å². The van der Waals surface area contributed by atoms with Crippen LogP contribution in [0.5, 0.6) is 0 Å². The molecule has 1 aliphatic rings. The molecule has 4 nitrogen and oxygen atoms in total. The third-order valence-corrected chi connectivity index (χ3v) is 3.81. The van der Waals surface area contributed by atoms with Gasteiger partial charge in [0.25, 0.3) is 5.91 Å². The van der Waals surface area contributed by atoms with E-state index in [-0.39, 0.29) is 24.3 Å². The number of hydrogen-bond acceptors (Lipinski definition) is 3. The zero-order chi connectivity index (χ0) is 14.5. The summed E-state index contributed by atoms with van der Waals surface area (Å²) in [6.07, 6.45) is 2.82. The third kappa shape index (κ3) is 3.07. The maximum atomic E-state index is 12.4. The van der Waals surface area contributed by atoms with Gasteiger partial charge in [0.15, 0.2) is 0 Å². The van der Waals surface area contributed by atoms with Gasteiger partial charge in [-0.3, -0.25) is 14.5 Å². The lowest BCUT2D eigenvalue weighted by Crippen LogP contribution is -2.44. The van der Waals surface area contributed by atoms with E-state index in [1.54, 1.807) is 6.07 Å². The van der Waals surface area contributed by atoms with Gasteiger partial charge in [-0.1, -0.05) is 31.5 Å². The molecule has 0 saturated carbocycles. The number of aliphatic hydroxyl groups excluding tert-OH is 1. The highest BCUT2D eigenvalue weighted by Gasteiger charge is 2.31. The molecule has 0 fully saturated rings. The molecule has 0 bridgehead atoms. The van der Waals surface area contributed by atoms with Gasteiger partial charge in [-0.2, -0.15) is 0 Å². The average Bonchev–Trinajstić information content (AvgIpc) is 2.44. The van der Waals surface area contributed by atoms with Gasteiger partial charge in [-0.25, -0.2) is 0 Å². The Morgan fingerprint density at radius 3 is 2.70 bits per heavy atom. The predicted molar refractivity (Wildman–Crippen MR) is 76.3 cm³/mol. The van der Waals surface area contributed by atoms with E-state index in [4.69, 9.17) is 5.11 Å². The van der Waals surface area contributed by atoms with Crippen LogP contribution in [-0.4, -0.2) is 35.0 Å². The van der Waals surface area contributed by atoms with Gasteiger partial charge in [-0.05, 0) is 30.4 Å². The van der Waals surface area contributed by atoms with Gasteiger partial charge in [0.2, 0.25) is 5.91 Å². The molecule has 1 heterocycles. The Morgan fingerprint density at radius 2 is 2.00 bits per heavy atom. The normalized spacial score (nSPS) is 16.2. The Kier molecular flexibility index (Phi) is 4.90. The van der Waals surface area contributed by atoms with Crippen molar-refractivity contribution < 1.29 is 14.7 Å². The molecule has 2 rings (SSSR count). The number of aliphatic hydroxyl groups is 1. The lowest BCUT2D eigenvalue weighted by atomic mass is 9.95. The summed E-state index contributed by atoms with van der Waals surface area (Å²) in [6, 6.07) is 7.28. The van der Waals surface area contributed by atoms with Crippen molar-refractivity contribution in [3.8, 4) is 0 Å². The zero-order valence-electron chi connectivity index (χ0n) is 11.8. The van der Waals surface area contributed by atoms with Gasteiger partial charge >= 0.3 is 0 Å². The number of carbonyl (C=O) groups is 2. The van der Waals surface area contributed by atoms with Crippen molar-refractivity contribution in [2.24, 2.45) is 5.92 Å². The third-order valence-electron chi connectivity index (χ3n) is 3.81. The lowest BCUT2D eigenvalue weighted by Gasteiger charge is -2.30. The number of amides is 2. The standard InChI is InChI=1S/C16H21NO3/c1-2-5-12(8-9-18)11-17-15(19)10-13-6-3-4-7-14(13)16(17)20/h3-4,6-7,12,18H,2,5,8-11H2,1H3. The molecule has 1 aromatic carbocycles. The number of carbonyl (C=O) groups excluding carboxylic acids is 2. The molecule has 108 valence electrons. The van der Waals surface area contributed by atoms with Gasteiger partial charge < -0.3 is 5.11 Å². The highest BCUT2D eigenvalue weighted by molar-refractivity contribution is 6.09. The molecule has 0 aromatic heterocycles. The van der Waals surface area contributed by atoms with Crippen molar-refractivity contribution >= 4 is 11.8 Å². The molecule has 1 atom stereocenters. The molecule has 0 spiro atoms. The van der Waals surface area contributed by atoms with Crippen LogP contribution in [0.15, 0.2) is 24.3 Å². The fourth-order valence-corrected chi connectivity index (χ4v) is 2.76. The second-order valence-electron chi connectivity index (χ2n) is 5.31. The summed E-state index contributed by atoms with van der Waals surface area (Å²) in [6.45, 7) is 2.58. The van der Waals surface area contributed by atoms with Crippen LogP contribution in [0.2, 0.25) is 0 Å². The Balaban J connectivity index is 2.16. The van der Waals surface area contributed by atoms with Gasteiger partial charge in [0.1, 0.15) is 0 Å². The maximum Gasteiger partial charge on any atom is 0.260 e. The fraction of sp³-hybridized carbons (Fsp3) is 0.500. The van der Waals surface area contributed by atoms with Crippen molar-refractivity contribution in [2.75, 3.05) is 13.2 Å². The van der Waals surface area contributed by atoms with E-state index in [0.717, 1.165) is 18.4 Å². The van der Waals surface area contributed by atoms with Gasteiger partial charge in [0, 0.05) is 18.7 Å². The molecular formula is C16H21NO3. The van der Waals surface area contributed by atoms with E-state index in [1.165, 1.54) is 4.90 Å². The highest BCUT2D eigenvalue weighted by Crippen LogP contribution is 2.22. The largest absolute Gasteiger partial charge is 0.396 e. The quantitative estimate of drug-likeness (QED) is 0.808. The molecule has 0 aliphatic carbocycles. The predicted octanol–water partition coefficient (Wildman–Crippen LogP) is 2.01. The first-order valence-corrected chi connectivity index (χ1v) is 7.20. The Bertz CT molecular complexity index is 492. The molecular weight excluding hydrogens is 254 g/mol. The number of nitrogens with zero attached hydrogens (tertiary/aromatic N) is 1. The Morgan fingerprint density at radius 1 is 1.25 bits per heavy atom. The summed E-state index contributed by atoms with van der Waals surface area (Å²) in [4.78, 5) is 25.9. The first-order chi connectivity index (χ1) is 9.67.